The molecule has 0 radical (unpaired) electrons. The Morgan fingerprint density at radius 3 is 2.75 bits per heavy atom. The lowest BCUT2D eigenvalue weighted by molar-refractivity contribution is -0.385. The van der Waals surface area contributed by atoms with Crippen LogP contribution in [-0.2, 0) is 0 Å². The minimum Gasteiger partial charge on any atom is -0.394 e. The standard InChI is InChI=1S/C10H15N3O3/c1-7-5-11-9(4-8(7)13(15)16)12-10(2,3)6-14/h4-5,14H,6H2,1-3H3,(H,11,12). The summed E-state index contributed by atoms with van der Waals surface area (Å²) in [5, 5.41) is 22.7. The zero-order chi connectivity index (χ0) is 12.3. The molecular weight excluding hydrogens is 210 g/mol. The van der Waals surface area contributed by atoms with Gasteiger partial charge >= 0.3 is 0 Å². The largest absolute Gasteiger partial charge is 0.394 e. The second-order valence-corrected chi connectivity index (χ2v) is 4.28. The number of anilines is 1. The number of nitro groups is 1. The quantitative estimate of drug-likeness (QED) is 0.598. The second-order valence-electron chi connectivity index (χ2n) is 4.28. The van der Waals surface area contributed by atoms with Crippen LogP contribution < -0.4 is 5.32 Å². The molecule has 6 nitrogen and oxygen atoms in total. The second kappa shape index (κ2) is 4.44. The van der Waals surface area contributed by atoms with E-state index in [0.29, 0.717) is 11.4 Å². The average Bonchev–Trinajstić information content (AvgIpc) is 2.20. The van der Waals surface area contributed by atoms with Gasteiger partial charge in [0, 0.05) is 11.8 Å². The van der Waals surface area contributed by atoms with E-state index in [2.05, 4.69) is 10.3 Å². The summed E-state index contributed by atoms with van der Waals surface area (Å²) >= 11 is 0. The van der Waals surface area contributed by atoms with Crippen LogP contribution in [-0.4, -0.2) is 27.2 Å². The molecule has 1 aromatic heterocycles. The summed E-state index contributed by atoms with van der Waals surface area (Å²) in [5.41, 5.74) is -0.0283. The number of hydrogen-bond donors (Lipinski definition) is 2. The third kappa shape index (κ3) is 2.90. The van der Waals surface area contributed by atoms with E-state index in [4.69, 9.17) is 5.11 Å². The normalized spacial score (nSPS) is 11.2. The van der Waals surface area contributed by atoms with Gasteiger partial charge in [-0.2, -0.15) is 0 Å². The maximum Gasteiger partial charge on any atom is 0.277 e. The van der Waals surface area contributed by atoms with Gasteiger partial charge in [-0.15, -0.1) is 0 Å². The fourth-order valence-corrected chi connectivity index (χ4v) is 1.16. The van der Waals surface area contributed by atoms with Gasteiger partial charge < -0.3 is 10.4 Å². The molecule has 0 fully saturated rings. The Morgan fingerprint density at radius 1 is 1.62 bits per heavy atom. The molecule has 0 spiro atoms. The van der Waals surface area contributed by atoms with Gasteiger partial charge in [-0.1, -0.05) is 0 Å². The maximum atomic E-state index is 10.7. The van der Waals surface area contributed by atoms with Crippen LogP contribution in [0.25, 0.3) is 0 Å². The number of nitrogens with one attached hydrogen (secondary N) is 1. The van der Waals surface area contributed by atoms with Gasteiger partial charge in [-0.05, 0) is 20.8 Å². The predicted octanol–water partition coefficient (Wildman–Crippen LogP) is 1.48. The van der Waals surface area contributed by atoms with Crippen LogP contribution in [0.1, 0.15) is 19.4 Å². The van der Waals surface area contributed by atoms with Gasteiger partial charge in [0.15, 0.2) is 0 Å². The van der Waals surface area contributed by atoms with Crippen LogP contribution in [0.3, 0.4) is 0 Å². The first-order chi connectivity index (χ1) is 7.35. The van der Waals surface area contributed by atoms with Crippen LogP contribution in [0.4, 0.5) is 11.5 Å². The van der Waals surface area contributed by atoms with Crippen LogP contribution in [0.15, 0.2) is 12.3 Å². The molecule has 16 heavy (non-hydrogen) atoms. The van der Waals surface area contributed by atoms with E-state index in [0.717, 1.165) is 0 Å². The fourth-order valence-electron chi connectivity index (χ4n) is 1.16. The molecule has 0 bridgehead atoms. The van der Waals surface area contributed by atoms with Gasteiger partial charge in [-0.25, -0.2) is 4.98 Å². The summed E-state index contributed by atoms with van der Waals surface area (Å²) in [6, 6.07) is 1.37. The zero-order valence-corrected chi connectivity index (χ0v) is 9.52. The van der Waals surface area contributed by atoms with Crippen molar-refractivity contribution in [2.45, 2.75) is 26.3 Å². The molecule has 0 aliphatic carbocycles. The number of aromatic nitrogens is 1. The molecule has 0 aromatic carbocycles. The third-order valence-corrected chi connectivity index (χ3v) is 2.13. The van der Waals surface area contributed by atoms with Gasteiger partial charge in [0.05, 0.1) is 23.1 Å². The molecule has 0 amide bonds. The van der Waals surface area contributed by atoms with Gasteiger partial charge in [-0.3, -0.25) is 10.1 Å². The van der Waals surface area contributed by atoms with Crippen molar-refractivity contribution in [3.8, 4) is 0 Å². The Hall–Kier alpha value is -1.69. The van der Waals surface area contributed by atoms with Crippen LogP contribution in [0.5, 0.6) is 0 Å². The van der Waals surface area contributed by atoms with Gasteiger partial charge in [0.25, 0.3) is 5.69 Å². The molecule has 0 aliphatic rings. The van der Waals surface area contributed by atoms with E-state index >= 15 is 0 Å². The summed E-state index contributed by atoms with van der Waals surface area (Å²) in [6.45, 7) is 5.10. The van der Waals surface area contributed by atoms with Crippen molar-refractivity contribution in [2.75, 3.05) is 11.9 Å². The van der Waals surface area contributed by atoms with Crippen LogP contribution >= 0.6 is 0 Å². The molecule has 1 rings (SSSR count). The molecular formula is C10H15N3O3. The number of rotatable bonds is 4. The number of aryl methyl sites for hydroxylation is 1. The van der Waals surface area contributed by atoms with E-state index in [9.17, 15) is 10.1 Å². The van der Waals surface area contributed by atoms with Gasteiger partial charge in [0.1, 0.15) is 5.82 Å². The zero-order valence-electron chi connectivity index (χ0n) is 9.52. The van der Waals surface area contributed by atoms with Crippen molar-refractivity contribution >= 4 is 11.5 Å². The monoisotopic (exact) mass is 225 g/mol. The SMILES string of the molecule is Cc1cnc(NC(C)(C)CO)cc1[N+](=O)[O-]. The highest BCUT2D eigenvalue weighted by Crippen LogP contribution is 2.21. The topological polar surface area (TPSA) is 88.3 Å². The summed E-state index contributed by atoms with van der Waals surface area (Å²) < 4.78 is 0. The lowest BCUT2D eigenvalue weighted by Crippen LogP contribution is -2.35. The van der Waals surface area contributed by atoms with Crippen molar-refractivity contribution in [3.63, 3.8) is 0 Å². The Morgan fingerprint density at radius 2 is 2.25 bits per heavy atom. The van der Waals surface area contributed by atoms with Crippen molar-refractivity contribution in [1.82, 2.24) is 4.98 Å². The number of pyridine rings is 1. The number of aliphatic hydroxyl groups is 1. The van der Waals surface area contributed by atoms with Crippen LogP contribution in [0.2, 0.25) is 0 Å². The number of nitrogens with zero attached hydrogens (tertiary/aromatic N) is 2. The molecule has 0 aliphatic heterocycles. The van der Waals surface area contributed by atoms with E-state index in [1.54, 1.807) is 20.8 Å². The minimum atomic E-state index is -0.559. The van der Waals surface area contributed by atoms with Gasteiger partial charge in [0.2, 0.25) is 0 Å². The van der Waals surface area contributed by atoms with E-state index < -0.39 is 10.5 Å². The smallest absolute Gasteiger partial charge is 0.277 e. The fraction of sp³-hybridized carbons (Fsp3) is 0.500. The molecule has 0 unspecified atom stereocenters. The number of hydrogen-bond acceptors (Lipinski definition) is 5. The third-order valence-electron chi connectivity index (χ3n) is 2.13. The maximum absolute atomic E-state index is 10.7. The first-order valence-corrected chi connectivity index (χ1v) is 4.86. The summed E-state index contributed by atoms with van der Waals surface area (Å²) in [4.78, 5) is 14.3. The van der Waals surface area contributed by atoms with E-state index in [1.165, 1.54) is 12.3 Å². The average molecular weight is 225 g/mol. The molecule has 2 N–H and O–H groups in total. The van der Waals surface area contributed by atoms with Crippen molar-refractivity contribution in [2.24, 2.45) is 0 Å². The Bertz CT molecular complexity index is 404. The van der Waals surface area contributed by atoms with E-state index in [1.807, 2.05) is 0 Å². The summed E-state index contributed by atoms with van der Waals surface area (Å²) in [6.07, 6.45) is 1.44. The van der Waals surface area contributed by atoms with Crippen molar-refractivity contribution < 1.29 is 10.0 Å². The Balaban J connectivity index is 3.00. The van der Waals surface area contributed by atoms with Crippen molar-refractivity contribution in [1.29, 1.82) is 0 Å². The highest BCUT2D eigenvalue weighted by atomic mass is 16.6. The molecule has 1 aromatic rings. The number of aliphatic hydroxyl groups excluding tert-OH is 1. The highest BCUT2D eigenvalue weighted by Gasteiger charge is 2.19. The molecule has 1 heterocycles. The molecule has 0 atom stereocenters. The first-order valence-electron chi connectivity index (χ1n) is 4.86. The molecule has 88 valence electrons. The Labute approximate surface area is 93.5 Å². The summed E-state index contributed by atoms with van der Waals surface area (Å²) in [5.74, 6) is 0.386. The van der Waals surface area contributed by atoms with Crippen LogP contribution in [0, 0.1) is 17.0 Å². The van der Waals surface area contributed by atoms with E-state index in [-0.39, 0.29) is 12.3 Å². The lowest BCUT2D eigenvalue weighted by Gasteiger charge is -2.23. The predicted molar refractivity (Wildman–Crippen MR) is 60.4 cm³/mol. The minimum absolute atomic E-state index is 0.0197. The van der Waals surface area contributed by atoms with Crippen molar-refractivity contribution in [3.05, 3.63) is 27.9 Å². The summed E-state index contributed by atoms with van der Waals surface area (Å²) in [7, 11) is 0. The highest BCUT2D eigenvalue weighted by molar-refractivity contribution is 5.49. The molecule has 0 saturated heterocycles. The molecule has 0 saturated carbocycles. The first kappa shape index (κ1) is 12.4. The lowest BCUT2D eigenvalue weighted by atomic mass is 10.1. The molecule has 6 heteroatoms. The Kier molecular flexibility index (Phi) is 3.44.